The summed E-state index contributed by atoms with van der Waals surface area (Å²) in [7, 11) is -3.65. The van der Waals surface area contributed by atoms with Crippen LogP contribution in [0.15, 0.2) is 91.6 Å². The standard InChI is InChI=1S/C25H24N6O2S/c1-4-34(32,33)28-21-12-22(29-9-5-6-10-29)14-23(13-21)30-17-26-24-11-19(7-8-25(24)30)20-15-27-31(16-20)18(2)3/h4-18,28H,1H2,2-3H3. The van der Waals surface area contributed by atoms with Gasteiger partial charge in [-0.25, -0.2) is 13.4 Å². The zero-order chi connectivity index (χ0) is 23.9. The molecule has 34 heavy (non-hydrogen) atoms. The van der Waals surface area contributed by atoms with Crippen LogP contribution in [0.3, 0.4) is 0 Å². The molecule has 0 saturated heterocycles. The smallest absolute Gasteiger partial charge is 0.254 e. The lowest BCUT2D eigenvalue weighted by Gasteiger charge is -2.13. The second-order valence-corrected chi connectivity index (χ2v) is 9.89. The number of sulfonamides is 1. The van der Waals surface area contributed by atoms with Crippen LogP contribution in [0.5, 0.6) is 0 Å². The number of nitrogens with one attached hydrogen (secondary N) is 1. The Morgan fingerprint density at radius 3 is 2.50 bits per heavy atom. The first-order valence-electron chi connectivity index (χ1n) is 10.8. The molecule has 8 nitrogen and oxygen atoms in total. The fourth-order valence-electron chi connectivity index (χ4n) is 3.82. The SMILES string of the molecule is C=CS(=O)(=O)Nc1cc(-n2cccc2)cc(-n2cnc3cc(-c4cnn(C(C)C)c4)ccc32)c1. The molecule has 0 spiro atoms. The number of rotatable bonds is 7. The fraction of sp³-hybridized carbons (Fsp3) is 0.120. The van der Waals surface area contributed by atoms with Crippen molar-refractivity contribution >= 4 is 26.7 Å². The molecule has 0 saturated carbocycles. The Hall–Kier alpha value is -4.11. The Kier molecular flexibility index (Phi) is 5.33. The summed E-state index contributed by atoms with van der Waals surface area (Å²) >= 11 is 0. The van der Waals surface area contributed by atoms with Crippen LogP contribution in [0.1, 0.15) is 19.9 Å². The van der Waals surface area contributed by atoms with Gasteiger partial charge in [-0.1, -0.05) is 12.6 Å². The largest absolute Gasteiger partial charge is 0.324 e. The molecule has 3 aromatic heterocycles. The van der Waals surface area contributed by atoms with Crippen LogP contribution < -0.4 is 4.72 Å². The average molecular weight is 473 g/mol. The molecule has 2 aromatic carbocycles. The van der Waals surface area contributed by atoms with E-state index in [1.807, 2.05) is 75.0 Å². The minimum atomic E-state index is -3.65. The number of aromatic nitrogens is 5. The summed E-state index contributed by atoms with van der Waals surface area (Å²) in [6.07, 6.45) is 9.44. The number of benzene rings is 2. The van der Waals surface area contributed by atoms with Gasteiger partial charge in [0.15, 0.2) is 0 Å². The summed E-state index contributed by atoms with van der Waals surface area (Å²) in [6, 6.07) is 15.7. The number of nitrogens with zero attached hydrogens (tertiary/aromatic N) is 5. The number of hydrogen-bond acceptors (Lipinski definition) is 4. The van der Waals surface area contributed by atoms with Gasteiger partial charge < -0.3 is 4.57 Å². The Bertz CT molecular complexity index is 1590. The van der Waals surface area contributed by atoms with Gasteiger partial charge in [-0.05, 0) is 61.9 Å². The maximum atomic E-state index is 12.1. The van der Waals surface area contributed by atoms with Crippen LogP contribution in [-0.4, -0.2) is 32.3 Å². The zero-order valence-corrected chi connectivity index (χ0v) is 19.6. The van der Waals surface area contributed by atoms with E-state index < -0.39 is 10.0 Å². The van der Waals surface area contributed by atoms with E-state index >= 15 is 0 Å². The van der Waals surface area contributed by atoms with Gasteiger partial charge in [-0.2, -0.15) is 5.10 Å². The molecule has 172 valence electrons. The normalized spacial score (nSPS) is 11.9. The van der Waals surface area contributed by atoms with Gasteiger partial charge in [-0.15, -0.1) is 0 Å². The Balaban J connectivity index is 1.59. The molecule has 0 unspecified atom stereocenters. The van der Waals surface area contributed by atoms with E-state index in [0.29, 0.717) is 5.69 Å². The van der Waals surface area contributed by atoms with E-state index in [1.165, 1.54) is 0 Å². The number of anilines is 1. The summed E-state index contributed by atoms with van der Waals surface area (Å²) in [4.78, 5) is 4.61. The maximum absolute atomic E-state index is 12.1. The molecular formula is C25H24N6O2S. The van der Waals surface area contributed by atoms with Crippen molar-refractivity contribution in [2.24, 2.45) is 0 Å². The van der Waals surface area contributed by atoms with Crippen LogP contribution in [-0.2, 0) is 10.0 Å². The highest BCUT2D eigenvalue weighted by Gasteiger charge is 2.13. The first-order valence-corrected chi connectivity index (χ1v) is 12.3. The van der Waals surface area contributed by atoms with Crippen molar-refractivity contribution in [2.75, 3.05) is 4.72 Å². The first kappa shape index (κ1) is 21.7. The molecule has 0 radical (unpaired) electrons. The molecular weight excluding hydrogens is 448 g/mol. The lowest BCUT2D eigenvalue weighted by atomic mass is 10.1. The van der Waals surface area contributed by atoms with Gasteiger partial charge in [0, 0.05) is 41.3 Å². The third kappa shape index (κ3) is 4.13. The predicted octanol–water partition coefficient (Wildman–Crippen LogP) is 5.15. The predicted molar refractivity (Wildman–Crippen MR) is 135 cm³/mol. The van der Waals surface area contributed by atoms with E-state index in [2.05, 4.69) is 35.2 Å². The molecule has 0 fully saturated rings. The molecule has 0 aliphatic carbocycles. The summed E-state index contributed by atoms with van der Waals surface area (Å²) in [6.45, 7) is 7.56. The van der Waals surface area contributed by atoms with Crippen LogP contribution in [0.2, 0.25) is 0 Å². The summed E-state index contributed by atoms with van der Waals surface area (Å²) in [5.74, 6) is 0. The van der Waals surface area contributed by atoms with Crippen LogP contribution in [0.4, 0.5) is 5.69 Å². The quantitative estimate of drug-likeness (QED) is 0.355. The van der Waals surface area contributed by atoms with Crippen molar-refractivity contribution in [3.05, 3.63) is 91.6 Å². The van der Waals surface area contributed by atoms with Crippen molar-refractivity contribution in [3.8, 4) is 22.5 Å². The van der Waals surface area contributed by atoms with Gasteiger partial charge >= 0.3 is 0 Å². The summed E-state index contributed by atoms with van der Waals surface area (Å²) in [5, 5.41) is 5.32. The van der Waals surface area contributed by atoms with Crippen LogP contribution in [0.25, 0.3) is 33.5 Å². The van der Waals surface area contributed by atoms with Crippen LogP contribution >= 0.6 is 0 Å². The number of imidazole rings is 1. The number of fused-ring (bicyclic) bond motifs is 1. The molecule has 1 N–H and O–H groups in total. The van der Waals surface area contributed by atoms with Gasteiger partial charge in [0.1, 0.15) is 6.33 Å². The molecule has 0 aliphatic heterocycles. The Morgan fingerprint density at radius 1 is 1.03 bits per heavy atom. The van der Waals surface area contributed by atoms with Crippen molar-refractivity contribution in [3.63, 3.8) is 0 Å². The van der Waals surface area contributed by atoms with Crippen molar-refractivity contribution in [2.45, 2.75) is 19.9 Å². The van der Waals surface area contributed by atoms with E-state index in [-0.39, 0.29) is 6.04 Å². The third-order valence-electron chi connectivity index (χ3n) is 5.57. The minimum Gasteiger partial charge on any atom is -0.324 e. The van der Waals surface area contributed by atoms with Crippen molar-refractivity contribution in [1.82, 2.24) is 23.9 Å². The zero-order valence-electron chi connectivity index (χ0n) is 18.8. The monoisotopic (exact) mass is 472 g/mol. The van der Waals surface area contributed by atoms with Crippen molar-refractivity contribution in [1.29, 1.82) is 0 Å². The highest BCUT2D eigenvalue weighted by Crippen LogP contribution is 2.28. The maximum Gasteiger partial charge on any atom is 0.254 e. The van der Waals surface area contributed by atoms with E-state index in [0.717, 1.165) is 38.9 Å². The molecule has 0 amide bonds. The van der Waals surface area contributed by atoms with Gasteiger partial charge in [0.2, 0.25) is 0 Å². The second kappa shape index (κ2) is 8.35. The highest BCUT2D eigenvalue weighted by molar-refractivity contribution is 7.95. The molecule has 0 atom stereocenters. The van der Waals surface area contributed by atoms with E-state index in [4.69, 9.17) is 0 Å². The molecule has 0 aliphatic rings. The summed E-state index contributed by atoms with van der Waals surface area (Å²) < 4.78 is 32.6. The number of hydrogen-bond donors (Lipinski definition) is 1. The van der Waals surface area contributed by atoms with Crippen molar-refractivity contribution < 1.29 is 8.42 Å². The average Bonchev–Trinajstić information content (AvgIpc) is 3.59. The molecule has 5 rings (SSSR count). The first-order chi connectivity index (χ1) is 16.3. The van der Waals surface area contributed by atoms with E-state index in [1.54, 1.807) is 18.5 Å². The molecule has 5 aromatic rings. The van der Waals surface area contributed by atoms with E-state index in [9.17, 15) is 8.42 Å². The van der Waals surface area contributed by atoms with Gasteiger partial charge in [0.05, 0.1) is 28.6 Å². The second-order valence-electron chi connectivity index (χ2n) is 8.26. The third-order valence-corrected chi connectivity index (χ3v) is 6.53. The molecule has 3 heterocycles. The minimum absolute atomic E-state index is 0.289. The van der Waals surface area contributed by atoms with Crippen LogP contribution in [0, 0.1) is 0 Å². The lowest BCUT2D eigenvalue weighted by Crippen LogP contribution is -2.09. The Labute approximate surface area is 197 Å². The molecule has 0 bridgehead atoms. The fourth-order valence-corrected chi connectivity index (χ4v) is 4.35. The van der Waals surface area contributed by atoms with Gasteiger partial charge in [0.25, 0.3) is 10.0 Å². The molecule has 9 heteroatoms. The Morgan fingerprint density at radius 2 is 1.79 bits per heavy atom. The van der Waals surface area contributed by atoms with Gasteiger partial charge in [-0.3, -0.25) is 14.0 Å². The topological polar surface area (TPSA) is 86.7 Å². The highest BCUT2D eigenvalue weighted by atomic mass is 32.2. The lowest BCUT2D eigenvalue weighted by molar-refractivity contribution is 0.532. The summed E-state index contributed by atoms with van der Waals surface area (Å²) in [5.41, 5.74) is 5.81.